The Morgan fingerprint density at radius 3 is 2.52 bits per heavy atom. The number of anilines is 2. The van der Waals surface area contributed by atoms with Crippen LogP contribution in [-0.4, -0.2) is 26.8 Å². The molecule has 2 rings (SSSR count). The van der Waals surface area contributed by atoms with Crippen molar-refractivity contribution in [3.8, 4) is 0 Å². The monoisotopic (exact) mass is 325 g/mol. The molecule has 7 heteroatoms. The van der Waals surface area contributed by atoms with E-state index in [1.165, 1.54) is 30.0 Å². The number of benzene rings is 1. The molecule has 5 nitrogen and oxygen atoms in total. The van der Waals surface area contributed by atoms with Crippen molar-refractivity contribution in [3.05, 3.63) is 40.6 Å². The zero-order valence-electron chi connectivity index (χ0n) is 12.2. The third kappa shape index (κ3) is 3.37. The van der Waals surface area contributed by atoms with Crippen LogP contribution in [0.15, 0.2) is 39.9 Å². The summed E-state index contributed by atoms with van der Waals surface area (Å²) in [6.07, 6.45) is 0. The fraction of sp³-hybridized carbons (Fsp3) is 0.286. The van der Waals surface area contributed by atoms with Crippen LogP contribution in [-0.2, 0) is 10.0 Å². The Hall–Kier alpha value is -1.57. The molecule has 0 saturated carbocycles. The van der Waals surface area contributed by atoms with Crippen LogP contribution < -0.4 is 11.1 Å². The van der Waals surface area contributed by atoms with Gasteiger partial charge in [0.05, 0.1) is 16.3 Å². The Balaban J connectivity index is 2.24. The Labute approximate surface area is 129 Å². The molecule has 2 aromatic rings. The van der Waals surface area contributed by atoms with Gasteiger partial charge in [-0.05, 0) is 47.5 Å². The van der Waals surface area contributed by atoms with Crippen LogP contribution in [0.2, 0.25) is 0 Å². The van der Waals surface area contributed by atoms with E-state index in [-0.39, 0.29) is 10.9 Å². The van der Waals surface area contributed by atoms with Gasteiger partial charge in [0.1, 0.15) is 0 Å². The molecule has 0 spiro atoms. The Bertz CT molecular complexity index is 710. The van der Waals surface area contributed by atoms with Crippen LogP contribution in [0.1, 0.15) is 18.5 Å². The number of nitrogen functional groups attached to an aromatic ring is 1. The van der Waals surface area contributed by atoms with Crippen LogP contribution in [0.4, 0.5) is 11.4 Å². The number of hydrogen-bond acceptors (Lipinski definition) is 5. The van der Waals surface area contributed by atoms with Crippen molar-refractivity contribution < 1.29 is 8.42 Å². The molecule has 0 saturated heterocycles. The molecule has 21 heavy (non-hydrogen) atoms. The Morgan fingerprint density at radius 1 is 1.29 bits per heavy atom. The third-order valence-corrected chi connectivity index (χ3v) is 5.73. The van der Waals surface area contributed by atoms with Crippen molar-refractivity contribution in [1.82, 2.24) is 4.31 Å². The number of sulfonamides is 1. The highest BCUT2D eigenvalue weighted by Gasteiger charge is 2.18. The van der Waals surface area contributed by atoms with Crippen LogP contribution in [0.5, 0.6) is 0 Å². The molecule has 3 N–H and O–H groups in total. The SMILES string of the molecule is CC(Nc1ccc(S(=O)(=O)N(C)C)cc1N)c1ccsc1. The van der Waals surface area contributed by atoms with E-state index < -0.39 is 10.0 Å². The normalized spacial score (nSPS) is 13.3. The van der Waals surface area contributed by atoms with Crippen molar-refractivity contribution >= 4 is 32.7 Å². The number of nitrogens with zero attached hydrogens (tertiary/aromatic N) is 1. The first-order valence-corrected chi connectivity index (χ1v) is 8.81. The van der Waals surface area contributed by atoms with Gasteiger partial charge in [0.15, 0.2) is 0 Å². The highest BCUT2D eigenvalue weighted by molar-refractivity contribution is 7.89. The first kappa shape index (κ1) is 15.8. The predicted molar refractivity (Wildman–Crippen MR) is 88.1 cm³/mol. The second-order valence-electron chi connectivity index (χ2n) is 4.96. The van der Waals surface area contributed by atoms with Crippen molar-refractivity contribution in [2.75, 3.05) is 25.1 Å². The lowest BCUT2D eigenvalue weighted by Crippen LogP contribution is -2.22. The van der Waals surface area contributed by atoms with Crippen LogP contribution >= 0.6 is 11.3 Å². The third-order valence-electron chi connectivity index (χ3n) is 3.22. The van der Waals surface area contributed by atoms with Crippen LogP contribution in [0, 0.1) is 0 Å². The molecular weight excluding hydrogens is 306 g/mol. The highest BCUT2D eigenvalue weighted by atomic mass is 32.2. The molecule has 1 heterocycles. The molecule has 1 aromatic carbocycles. The van der Waals surface area contributed by atoms with Gasteiger partial charge in [-0.1, -0.05) is 0 Å². The van der Waals surface area contributed by atoms with Gasteiger partial charge in [-0.15, -0.1) is 0 Å². The lowest BCUT2D eigenvalue weighted by molar-refractivity contribution is 0.521. The molecule has 1 atom stereocenters. The fourth-order valence-electron chi connectivity index (χ4n) is 1.88. The average molecular weight is 325 g/mol. The van der Waals surface area contributed by atoms with Gasteiger partial charge in [0.25, 0.3) is 0 Å². The molecule has 0 amide bonds. The summed E-state index contributed by atoms with van der Waals surface area (Å²) in [7, 11) is -0.468. The van der Waals surface area contributed by atoms with E-state index >= 15 is 0 Å². The van der Waals surface area contributed by atoms with Crippen molar-refractivity contribution in [3.63, 3.8) is 0 Å². The summed E-state index contributed by atoms with van der Waals surface area (Å²) in [5.41, 5.74) is 8.29. The zero-order valence-corrected chi connectivity index (χ0v) is 13.8. The number of thiophene rings is 1. The smallest absolute Gasteiger partial charge is 0.242 e. The van der Waals surface area contributed by atoms with E-state index in [1.807, 2.05) is 18.4 Å². The molecule has 0 aliphatic carbocycles. The minimum atomic E-state index is -3.46. The summed E-state index contributed by atoms with van der Waals surface area (Å²) in [6, 6.07) is 6.90. The lowest BCUT2D eigenvalue weighted by Gasteiger charge is -2.17. The molecule has 1 unspecified atom stereocenters. The van der Waals surface area contributed by atoms with Gasteiger partial charge in [-0.2, -0.15) is 11.3 Å². The Morgan fingerprint density at radius 2 is 2.00 bits per heavy atom. The summed E-state index contributed by atoms with van der Waals surface area (Å²) in [5, 5.41) is 7.38. The van der Waals surface area contributed by atoms with Gasteiger partial charge in [0, 0.05) is 20.1 Å². The summed E-state index contributed by atoms with van der Waals surface area (Å²) in [6.45, 7) is 2.03. The maximum Gasteiger partial charge on any atom is 0.242 e. The zero-order chi connectivity index (χ0) is 15.6. The second-order valence-corrected chi connectivity index (χ2v) is 7.89. The van der Waals surface area contributed by atoms with E-state index in [4.69, 9.17) is 5.73 Å². The topological polar surface area (TPSA) is 75.4 Å². The van der Waals surface area contributed by atoms with Crippen molar-refractivity contribution in [2.45, 2.75) is 17.9 Å². The van der Waals surface area contributed by atoms with Crippen molar-refractivity contribution in [1.29, 1.82) is 0 Å². The standard InChI is InChI=1S/C14H19N3O2S2/c1-10(11-6-7-20-9-11)16-14-5-4-12(8-13(14)15)21(18,19)17(2)3/h4-10,16H,15H2,1-3H3. The minimum absolute atomic E-state index is 0.106. The van der Waals surface area contributed by atoms with Crippen LogP contribution in [0.3, 0.4) is 0 Å². The lowest BCUT2D eigenvalue weighted by atomic mass is 10.1. The first-order chi connectivity index (χ1) is 9.82. The molecular formula is C14H19N3O2S2. The van der Waals surface area contributed by atoms with Gasteiger partial charge in [-0.3, -0.25) is 0 Å². The van der Waals surface area contributed by atoms with E-state index in [9.17, 15) is 8.42 Å². The summed E-state index contributed by atoms with van der Waals surface area (Å²) >= 11 is 1.64. The van der Waals surface area contributed by atoms with Gasteiger partial charge in [0.2, 0.25) is 10.0 Å². The fourth-order valence-corrected chi connectivity index (χ4v) is 3.57. The summed E-state index contributed by atoms with van der Waals surface area (Å²) in [5.74, 6) is 0. The van der Waals surface area contributed by atoms with E-state index in [0.29, 0.717) is 5.69 Å². The molecule has 0 aliphatic rings. The van der Waals surface area contributed by atoms with Gasteiger partial charge in [-0.25, -0.2) is 12.7 Å². The predicted octanol–water partition coefficient (Wildman–Crippen LogP) is 2.75. The van der Waals surface area contributed by atoms with Gasteiger partial charge < -0.3 is 11.1 Å². The molecule has 114 valence electrons. The number of nitrogens with one attached hydrogen (secondary N) is 1. The maximum atomic E-state index is 12.1. The summed E-state index contributed by atoms with van der Waals surface area (Å²) in [4.78, 5) is 0.193. The molecule has 1 aromatic heterocycles. The number of nitrogens with two attached hydrogens (primary N) is 1. The first-order valence-electron chi connectivity index (χ1n) is 6.43. The van der Waals surface area contributed by atoms with E-state index in [0.717, 1.165) is 5.69 Å². The second kappa shape index (κ2) is 6.05. The minimum Gasteiger partial charge on any atom is -0.397 e. The van der Waals surface area contributed by atoms with Crippen molar-refractivity contribution in [2.24, 2.45) is 0 Å². The maximum absolute atomic E-state index is 12.1. The Kier molecular flexibility index (Phi) is 4.55. The quantitative estimate of drug-likeness (QED) is 0.829. The molecule has 0 aliphatic heterocycles. The largest absolute Gasteiger partial charge is 0.397 e. The van der Waals surface area contributed by atoms with Gasteiger partial charge >= 0.3 is 0 Å². The summed E-state index contributed by atoms with van der Waals surface area (Å²) < 4.78 is 25.3. The van der Waals surface area contributed by atoms with E-state index in [1.54, 1.807) is 23.5 Å². The molecule has 0 fully saturated rings. The highest BCUT2D eigenvalue weighted by Crippen LogP contribution is 2.28. The molecule has 0 radical (unpaired) electrons. The number of hydrogen-bond donors (Lipinski definition) is 2. The molecule has 0 bridgehead atoms. The number of rotatable bonds is 5. The average Bonchev–Trinajstić information content (AvgIpc) is 2.94. The van der Waals surface area contributed by atoms with Crippen LogP contribution in [0.25, 0.3) is 0 Å². The van der Waals surface area contributed by atoms with E-state index in [2.05, 4.69) is 10.7 Å².